The van der Waals surface area contributed by atoms with Crippen molar-refractivity contribution >= 4 is 30.4 Å². The van der Waals surface area contributed by atoms with E-state index >= 15 is 0 Å². The summed E-state index contributed by atoms with van der Waals surface area (Å²) in [6.07, 6.45) is 5.43. The van der Waals surface area contributed by atoms with Crippen molar-refractivity contribution in [1.29, 1.82) is 0 Å². The highest BCUT2D eigenvalue weighted by atomic mass is 16.1. The molecule has 160 valence electrons. The van der Waals surface area contributed by atoms with Gasteiger partial charge in [0.25, 0.3) is 0 Å². The van der Waals surface area contributed by atoms with Gasteiger partial charge in [-0.1, -0.05) is 0 Å². The van der Waals surface area contributed by atoms with Gasteiger partial charge in [-0.3, -0.25) is 19.3 Å². The summed E-state index contributed by atoms with van der Waals surface area (Å²) in [6.45, 7) is 7.02. The summed E-state index contributed by atoms with van der Waals surface area (Å²) in [5.41, 5.74) is 2.27. The van der Waals surface area contributed by atoms with E-state index < -0.39 is 0 Å². The number of nitrogens with zero attached hydrogens (tertiary/aromatic N) is 5. The normalized spacial score (nSPS) is 25.2. The highest BCUT2D eigenvalue weighted by Gasteiger charge is 2.56. The van der Waals surface area contributed by atoms with Crippen molar-refractivity contribution in [2.45, 2.75) is 0 Å². The first kappa shape index (κ1) is 19.8. The number of carbonyl (C=O) groups excluding carboxylic acids is 3. The van der Waals surface area contributed by atoms with Gasteiger partial charge in [-0.05, 0) is 36.0 Å². The molecule has 0 bridgehead atoms. The second-order valence-electron chi connectivity index (χ2n) is 8.65. The van der Waals surface area contributed by atoms with Gasteiger partial charge in [-0.15, -0.1) is 0 Å². The molecule has 0 radical (unpaired) electrons. The van der Waals surface area contributed by atoms with E-state index in [4.69, 9.17) is 0 Å². The van der Waals surface area contributed by atoms with Crippen molar-refractivity contribution in [3.05, 3.63) is 47.4 Å². The molecule has 31 heavy (non-hydrogen) atoms. The first-order chi connectivity index (χ1) is 15.2. The van der Waals surface area contributed by atoms with E-state index in [1.807, 2.05) is 12.1 Å². The van der Waals surface area contributed by atoms with Crippen LogP contribution in [0.1, 0.15) is 31.2 Å². The lowest BCUT2D eigenvalue weighted by atomic mass is 10.1. The summed E-state index contributed by atoms with van der Waals surface area (Å²) in [7, 11) is 0. The van der Waals surface area contributed by atoms with Crippen LogP contribution in [0.15, 0.2) is 30.6 Å². The lowest BCUT2D eigenvalue weighted by Crippen LogP contribution is -2.47. The van der Waals surface area contributed by atoms with Crippen molar-refractivity contribution in [3.8, 4) is 0 Å². The van der Waals surface area contributed by atoms with Crippen LogP contribution in [0.4, 0.5) is 11.5 Å². The van der Waals surface area contributed by atoms with E-state index in [1.54, 1.807) is 12.3 Å². The molecule has 1 aromatic carbocycles. The van der Waals surface area contributed by atoms with Crippen LogP contribution in [-0.4, -0.2) is 79.5 Å². The van der Waals surface area contributed by atoms with Crippen LogP contribution in [0, 0.1) is 17.8 Å². The highest BCUT2D eigenvalue weighted by Crippen LogP contribution is 2.52. The van der Waals surface area contributed by atoms with E-state index in [0.717, 1.165) is 93.9 Å². The largest absolute Gasteiger partial charge is 0.369 e. The molecule has 0 spiro atoms. The summed E-state index contributed by atoms with van der Waals surface area (Å²) < 4.78 is 0. The molecule has 2 unspecified atom stereocenters. The minimum Gasteiger partial charge on any atom is -0.369 e. The lowest BCUT2D eigenvalue weighted by molar-refractivity contribution is 0.109. The number of hydrogen-bond donors (Lipinski definition) is 0. The number of benzene rings is 1. The van der Waals surface area contributed by atoms with E-state index in [0.29, 0.717) is 16.8 Å². The van der Waals surface area contributed by atoms with Crippen molar-refractivity contribution in [2.75, 3.05) is 55.6 Å². The molecule has 3 heterocycles. The molecular formula is C23H25N5O3. The number of carbonyl (C=O) groups is 3. The maximum Gasteiger partial charge on any atom is 0.170 e. The Bertz CT molecular complexity index is 975. The number of fused-ring (bicyclic) bond motifs is 1. The van der Waals surface area contributed by atoms with Crippen LogP contribution in [0.3, 0.4) is 0 Å². The fourth-order valence-electron chi connectivity index (χ4n) is 5.12. The smallest absolute Gasteiger partial charge is 0.170 e. The Kier molecular flexibility index (Phi) is 5.23. The molecular weight excluding hydrogens is 394 g/mol. The molecule has 2 saturated heterocycles. The number of aromatic nitrogens is 2. The first-order valence-corrected chi connectivity index (χ1v) is 10.7. The summed E-state index contributed by atoms with van der Waals surface area (Å²) in [5, 5.41) is 0. The third-order valence-electron chi connectivity index (χ3n) is 7.01. The van der Waals surface area contributed by atoms with Gasteiger partial charge in [0.15, 0.2) is 18.9 Å². The van der Waals surface area contributed by atoms with Gasteiger partial charge in [0.05, 0.1) is 12.4 Å². The minimum atomic E-state index is 0.368. The van der Waals surface area contributed by atoms with Crippen LogP contribution in [-0.2, 0) is 0 Å². The molecule has 2 aliphatic heterocycles. The molecule has 5 rings (SSSR count). The van der Waals surface area contributed by atoms with E-state index in [-0.39, 0.29) is 0 Å². The molecule has 2 aromatic rings. The fourth-order valence-corrected chi connectivity index (χ4v) is 5.12. The quantitative estimate of drug-likeness (QED) is 0.623. The summed E-state index contributed by atoms with van der Waals surface area (Å²) in [4.78, 5) is 48.6. The average molecular weight is 419 g/mol. The zero-order chi connectivity index (χ0) is 21.4. The molecule has 1 saturated carbocycles. The maximum absolute atomic E-state index is 11.2. The van der Waals surface area contributed by atoms with Crippen molar-refractivity contribution < 1.29 is 14.4 Å². The third-order valence-corrected chi connectivity index (χ3v) is 7.01. The van der Waals surface area contributed by atoms with Crippen molar-refractivity contribution in [3.63, 3.8) is 0 Å². The lowest BCUT2D eigenvalue weighted by Gasteiger charge is -2.36. The van der Waals surface area contributed by atoms with Gasteiger partial charge in [0.1, 0.15) is 11.5 Å². The number of rotatable bonds is 7. The van der Waals surface area contributed by atoms with Gasteiger partial charge in [-0.2, -0.15) is 0 Å². The van der Waals surface area contributed by atoms with Crippen LogP contribution in [0.2, 0.25) is 0 Å². The monoisotopic (exact) mass is 419 g/mol. The number of piperidine rings is 1. The minimum absolute atomic E-state index is 0.368. The molecule has 8 nitrogen and oxygen atoms in total. The predicted molar refractivity (Wildman–Crippen MR) is 116 cm³/mol. The van der Waals surface area contributed by atoms with Crippen molar-refractivity contribution in [1.82, 2.24) is 14.9 Å². The zero-order valence-corrected chi connectivity index (χ0v) is 17.3. The molecule has 1 aliphatic carbocycles. The Balaban J connectivity index is 1.11. The predicted octanol–water partition coefficient (Wildman–Crippen LogP) is 1.42. The van der Waals surface area contributed by atoms with E-state index in [1.165, 1.54) is 6.20 Å². The zero-order valence-electron chi connectivity index (χ0n) is 17.3. The van der Waals surface area contributed by atoms with Gasteiger partial charge in [-0.25, -0.2) is 9.97 Å². The Morgan fingerprint density at radius 2 is 1.58 bits per heavy atom. The van der Waals surface area contributed by atoms with Crippen molar-refractivity contribution in [2.24, 2.45) is 17.8 Å². The summed E-state index contributed by atoms with van der Waals surface area (Å²) >= 11 is 0. The standard InChI is InChI=1S/C23H25N5O3/c29-13-16-1-2-19(7-17(16)14-30)27-5-3-26(4-6-27)10-20-21-11-28(12-22(20)21)23-9-24-18(15-31)8-25-23/h1-2,7-9,13-15,20-22H,3-6,10-12H2. The van der Waals surface area contributed by atoms with Gasteiger partial charge < -0.3 is 9.80 Å². The van der Waals surface area contributed by atoms with E-state index in [2.05, 4.69) is 24.7 Å². The SMILES string of the molecule is O=Cc1cnc(N2CC3C(CN4CCN(c5ccc(C=O)c(C=O)c5)CC4)C3C2)cn1. The number of hydrogen-bond acceptors (Lipinski definition) is 8. The molecule has 2 atom stereocenters. The first-order valence-electron chi connectivity index (χ1n) is 10.7. The molecule has 0 amide bonds. The van der Waals surface area contributed by atoms with Gasteiger partial charge in [0.2, 0.25) is 0 Å². The van der Waals surface area contributed by atoms with Crippen LogP contribution >= 0.6 is 0 Å². The highest BCUT2D eigenvalue weighted by molar-refractivity contribution is 5.91. The molecule has 3 fully saturated rings. The van der Waals surface area contributed by atoms with Crippen LogP contribution in [0.25, 0.3) is 0 Å². The molecule has 8 heteroatoms. The van der Waals surface area contributed by atoms with Gasteiger partial charge >= 0.3 is 0 Å². The van der Waals surface area contributed by atoms with E-state index in [9.17, 15) is 14.4 Å². The Hall–Kier alpha value is -3.13. The third kappa shape index (κ3) is 3.83. The van der Waals surface area contributed by atoms with Crippen LogP contribution in [0.5, 0.6) is 0 Å². The average Bonchev–Trinajstić information content (AvgIpc) is 3.26. The summed E-state index contributed by atoms with van der Waals surface area (Å²) in [6, 6.07) is 5.47. The number of piperazine rings is 1. The Morgan fingerprint density at radius 1 is 0.839 bits per heavy atom. The fraction of sp³-hybridized carbons (Fsp3) is 0.435. The van der Waals surface area contributed by atoms with Crippen LogP contribution < -0.4 is 9.80 Å². The second-order valence-corrected chi connectivity index (χ2v) is 8.65. The van der Waals surface area contributed by atoms with Gasteiger partial charge in [0, 0.05) is 62.6 Å². The second kappa shape index (κ2) is 8.19. The number of anilines is 2. The molecule has 1 aromatic heterocycles. The Labute approximate surface area is 180 Å². The number of aldehydes is 3. The maximum atomic E-state index is 11.2. The summed E-state index contributed by atoms with van der Waals surface area (Å²) in [5.74, 6) is 3.05. The molecule has 0 N–H and O–H groups in total. The topological polar surface area (TPSA) is 86.7 Å². The Morgan fingerprint density at radius 3 is 2.19 bits per heavy atom. The molecule has 3 aliphatic rings.